The van der Waals surface area contributed by atoms with E-state index in [1.165, 1.54) is 23.9 Å². The first-order valence-electron chi connectivity index (χ1n) is 7.76. The Morgan fingerprint density at radius 3 is 2.79 bits per heavy atom. The van der Waals surface area contributed by atoms with Crippen LogP contribution in [-0.4, -0.2) is 35.0 Å². The molecule has 0 spiro atoms. The first-order chi connectivity index (χ1) is 11.7. The predicted molar refractivity (Wildman–Crippen MR) is 86.1 cm³/mol. The van der Waals surface area contributed by atoms with E-state index in [2.05, 4.69) is 15.5 Å². The summed E-state index contributed by atoms with van der Waals surface area (Å²) in [6.07, 6.45) is 1.78. The summed E-state index contributed by atoms with van der Waals surface area (Å²) < 4.78 is 23.3. The minimum atomic E-state index is -0.291. The summed E-state index contributed by atoms with van der Waals surface area (Å²) in [5, 5.41) is 6.73. The van der Waals surface area contributed by atoms with E-state index < -0.39 is 0 Å². The van der Waals surface area contributed by atoms with Gasteiger partial charge >= 0.3 is 0 Å². The van der Waals surface area contributed by atoms with E-state index in [1.54, 1.807) is 12.1 Å². The minimum absolute atomic E-state index is 0.143. The van der Waals surface area contributed by atoms with E-state index in [9.17, 15) is 9.18 Å². The summed E-state index contributed by atoms with van der Waals surface area (Å²) in [5.41, 5.74) is 0. The molecule has 128 valence electrons. The number of carbonyl (C=O) groups is 1. The average molecular weight is 351 g/mol. The monoisotopic (exact) mass is 351 g/mol. The number of rotatable bonds is 6. The molecule has 0 saturated carbocycles. The first kappa shape index (κ1) is 16.9. The van der Waals surface area contributed by atoms with Gasteiger partial charge in [-0.3, -0.25) is 4.79 Å². The second-order valence-electron chi connectivity index (χ2n) is 5.45. The Morgan fingerprint density at radius 1 is 1.29 bits per heavy atom. The van der Waals surface area contributed by atoms with Crippen molar-refractivity contribution in [2.45, 2.75) is 30.2 Å². The molecule has 8 heteroatoms. The number of carbonyl (C=O) groups excluding carboxylic acids is 1. The molecule has 1 aromatic carbocycles. The molecule has 0 radical (unpaired) electrons. The molecule has 3 rings (SSSR count). The van der Waals surface area contributed by atoms with Crippen molar-refractivity contribution in [3.8, 4) is 0 Å². The maximum Gasteiger partial charge on any atom is 0.246 e. The van der Waals surface area contributed by atoms with Crippen molar-refractivity contribution in [3.63, 3.8) is 0 Å². The third-order valence-electron chi connectivity index (χ3n) is 3.69. The van der Waals surface area contributed by atoms with Crippen molar-refractivity contribution in [2.24, 2.45) is 0 Å². The van der Waals surface area contributed by atoms with Crippen molar-refractivity contribution < 1.29 is 18.4 Å². The normalized spacial score (nSPS) is 15.4. The van der Waals surface area contributed by atoms with Crippen LogP contribution in [-0.2, 0) is 16.1 Å². The highest BCUT2D eigenvalue weighted by Crippen LogP contribution is 2.24. The van der Waals surface area contributed by atoms with Crippen molar-refractivity contribution >= 4 is 17.7 Å². The number of nitrogens with one attached hydrogen (secondary N) is 1. The molecule has 2 heterocycles. The molecule has 1 fully saturated rings. The molecule has 1 amide bonds. The van der Waals surface area contributed by atoms with Gasteiger partial charge in [0.1, 0.15) is 5.82 Å². The Morgan fingerprint density at radius 2 is 2.04 bits per heavy atom. The Kier molecular flexibility index (Phi) is 5.81. The lowest BCUT2D eigenvalue weighted by Crippen LogP contribution is -2.24. The summed E-state index contributed by atoms with van der Waals surface area (Å²) in [5.74, 6) is 1.16. The van der Waals surface area contributed by atoms with Gasteiger partial charge in [0.15, 0.2) is 5.82 Å². The number of aromatic nitrogens is 2. The van der Waals surface area contributed by atoms with E-state index in [0.717, 1.165) is 17.7 Å². The predicted octanol–water partition coefficient (Wildman–Crippen LogP) is 2.51. The van der Waals surface area contributed by atoms with Crippen molar-refractivity contribution in [2.75, 3.05) is 19.0 Å². The van der Waals surface area contributed by atoms with Crippen molar-refractivity contribution in [1.82, 2.24) is 15.5 Å². The van der Waals surface area contributed by atoms with Crippen LogP contribution in [0.5, 0.6) is 0 Å². The maximum absolute atomic E-state index is 12.8. The zero-order chi connectivity index (χ0) is 16.8. The van der Waals surface area contributed by atoms with Crippen LogP contribution in [0, 0.1) is 5.82 Å². The van der Waals surface area contributed by atoms with Gasteiger partial charge in [-0.1, -0.05) is 5.16 Å². The van der Waals surface area contributed by atoms with Gasteiger partial charge in [-0.05, 0) is 37.1 Å². The van der Waals surface area contributed by atoms with E-state index >= 15 is 0 Å². The molecule has 0 atom stereocenters. The summed E-state index contributed by atoms with van der Waals surface area (Å²) in [6, 6.07) is 6.03. The highest BCUT2D eigenvalue weighted by Gasteiger charge is 2.21. The second-order valence-corrected chi connectivity index (χ2v) is 6.50. The minimum Gasteiger partial charge on any atom is -0.381 e. The molecule has 0 unspecified atom stereocenters. The molecule has 1 saturated heterocycles. The van der Waals surface area contributed by atoms with Gasteiger partial charge in [-0.2, -0.15) is 4.98 Å². The summed E-state index contributed by atoms with van der Waals surface area (Å²) >= 11 is 1.34. The quantitative estimate of drug-likeness (QED) is 0.806. The molecule has 1 aromatic heterocycles. The zero-order valence-corrected chi connectivity index (χ0v) is 13.9. The van der Waals surface area contributed by atoms with Gasteiger partial charge in [-0.15, -0.1) is 11.8 Å². The van der Waals surface area contributed by atoms with Crippen LogP contribution in [0.25, 0.3) is 0 Å². The molecule has 0 aliphatic carbocycles. The fourth-order valence-electron chi connectivity index (χ4n) is 2.37. The third kappa shape index (κ3) is 4.78. The Balaban J connectivity index is 1.42. The van der Waals surface area contributed by atoms with Crippen molar-refractivity contribution in [3.05, 3.63) is 41.8 Å². The molecule has 1 N–H and O–H groups in total. The van der Waals surface area contributed by atoms with Gasteiger partial charge in [0.05, 0.1) is 12.3 Å². The molecule has 1 aliphatic heterocycles. The number of ether oxygens (including phenoxy) is 1. The highest BCUT2D eigenvalue weighted by molar-refractivity contribution is 8.00. The topological polar surface area (TPSA) is 77.2 Å². The number of nitrogens with zero attached hydrogens (tertiary/aromatic N) is 2. The molecular weight excluding hydrogens is 333 g/mol. The van der Waals surface area contributed by atoms with Crippen molar-refractivity contribution in [1.29, 1.82) is 0 Å². The van der Waals surface area contributed by atoms with Crippen LogP contribution in [0.15, 0.2) is 33.7 Å². The van der Waals surface area contributed by atoms with Crippen LogP contribution in [0.3, 0.4) is 0 Å². The van der Waals surface area contributed by atoms with Crippen LogP contribution in [0.4, 0.5) is 4.39 Å². The fraction of sp³-hybridized carbons (Fsp3) is 0.438. The second kappa shape index (κ2) is 8.25. The van der Waals surface area contributed by atoms with Gasteiger partial charge in [0, 0.05) is 24.0 Å². The van der Waals surface area contributed by atoms with E-state index in [1.807, 2.05) is 0 Å². The van der Waals surface area contributed by atoms with Crippen LogP contribution >= 0.6 is 11.8 Å². The molecular formula is C16H18FN3O3S. The Bertz CT molecular complexity index is 671. The standard InChI is InChI=1S/C16H18FN3O3S/c17-12-1-3-13(4-2-12)24-10-14(21)18-9-15-19-16(20-23-15)11-5-7-22-8-6-11/h1-4,11H,5-10H2,(H,18,21). The van der Waals surface area contributed by atoms with Gasteiger partial charge in [0.25, 0.3) is 0 Å². The number of hydrogen-bond donors (Lipinski definition) is 1. The van der Waals surface area contributed by atoms with E-state index in [4.69, 9.17) is 9.26 Å². The third-order valence-corrected chi connectivity index (χ3v) is 4.70. The Labute approximate surface area is 143 Å². The number of halogens is 1. The van der Waals surface area contributed by atoms with Gasteiger partial charge < -0.3 is 14.6 Å². The van der Waals surface area contributed by atoms with E-state index in [-0.39, 0.29) is 29.9 Å². The van der Waals surface area contributed by atoms with E-state index in [0.29, 0.717) is 24.9 Å². The lowest BCUT2D eigenvalue weighted by Gasteiger charge is -2.18. The largest absolute Gasteiger partial charge is 0.381 e. The molecule has 24 heavy (non-hydrogen) atoms. The lowest BCUT2D eigenvalue weighted by atomic mass is 10.00. The maximum atomic E-state index is 12.8. The molecule has 1 aliphatic rings. The fourth-order valence-corrected chi connectivity index (χ4v) is 3.09. The zero-order valence-electron chi connectivity index (χ0n) is 13.0. The van der Waals surface area contributed by atoms with Crippen LogP contribution in [0.2, 0.25) is 0 Å². The summed E-state index contributed by atoms with van der Waals surface area (Å²) in [7, 11) is 0. The number of amides is 1. The number of thioether (sulfide) groups is 1. The van der Waals surface area contributed by atoms with Crippen LogP contribution in [0.1, 0.15) is 30.5 Å². The molecule has 2 aromatic rings. The molecule has 0 bridgehead atoms. The number of hydrogen-bond acceptors (Lipinski definition) is 6. The summed E-state index contributed by atoms with van der Waals surface area (Å²) in [4.78, 5) is 17.0. The van der Waals surface area contributed by atoms with Gasteiger partial charge in [-0.25, -0.2) is 4.39 Å². The molecule has 6 nitrogen and oxygen atoms in total. The lowest BCUT2D eigenvalue weighted by molar-refractivity contribution is -0.118. The van der Waals surface area contributed by atoms with Crippen LogP contribution < -0.4 is 5.32 Å². The SMILES string of the molecule is O=C(CSc1ccc(F)cc1)NCc1nc(C2CCOCC2)no1. The number of benzene rings is 1. The first-order valence-corrected chi connectivity index (χ1v) is 8.74. The van der Waals surface area contributed by atoms with Gasteiger partial charge in [0.2, 0.25) is 11.8 Å². The summed E-state index contributed by atoms with van der Waals surface area (Å²) in [6.45, 7) is 1.64. The Hall–Kier alpha value is -1.93. The smallest absolute Gasteiger partial charge is 0.246 e. The highest BCUT2D eigenvalue weighted by atomic mass is 32.2. The average Bonchev–Trinajstić information content (AvgIpc) is 3.09.